The molecule has 37 nitrogen and oxygen atoms in total. The number of nitrogens with zero attached hydrogens (tertiary/aromatic N) is 2. The Morgan fingerprint density at radius 1 is 0.752 bits per heavy atom. The molecule has 40 heteroatoms. The van der Waals surface area contributed by atoms with E-state index in [0.717, 1.165) is 72.4 Å². The van der Waals surface area contributed by atoms with Crippen LogP contribution < -0.4 is 67.8 Å². The number of carboxylic acids is 1. The Kier molecular flexibility index (Phi) is 25.3. The first-order valence-corrected chi connectivity index (χ1v) is 40.0. The molecule has 19 atom stereocenters. The summed E-state index contributed by atoms with van der Waals surface area (Å²) >= 11 is 15.6. The van der Waals surface area contributed by atoms with Crippen molar-refractivity contribution in [2.45, 2.75) is 188 Å². The van der Waals surface area contributed by atoms with Crippen LogP contribution in [0.3, 0.4) is 0 Å². The third-order valence-corrected chi connectivity index (χ3v) is 23.3. The predicted octanol–water partition coefficient (Wildman–Crippen LogP) is 3.34. The molecule has 1 spiro atoms. The lowest BCUT2D eigenvalue weighted by Crippen LogP contribution is -2.65. The van der Waals surface area contributed by atoms with E-state index in [1.54, 1.807) is 13.0 Å². The number of nitrogens with two attached hydrogens (primary N) is 1. The van der Waals surface area contributed by atoms with Crippen LogP contribution in [0.2, 0.25) is 10.0 Å². The van der Waals surface area contributed by atoms with Crippen molar-refractivity contribution in [2.24, 2.45) is 17.6 Å². The first-order chi connectivity index (χ1) is 57.2. The van der Waals surface area contributed by atoms with Crippen LogP contribution in [-0.2, 0) is 64.5 Å². The number of carboxylic acid groups (broad SMARTS) is 1. The minimum atomic E-state index is -2.50. The highest BCUT2D eigenvalue weighted by Crippen LogP contribution is 2.51. The molecule has 2 aromatic heterocycles. The van der Waals surface area contributed by atoms with Gasteiger partial charge >= 0.3 is 5.97 Å². The Morgan fingerprint density at radius 3 is 2.02 bits per heavy atom. The van der Waals surface area contributed by atoms with Crippen LogP contribution in [0.15, 0.2) is 103 Å². The minimum Gasteiger partial charge on any atom is -0.508 e. The number of halogens is 2. The quantitative estimate of drug-likeness (QED) is 0.0621. The first-order valence-electron chi connectivity index (χ1n) is 38.3. The van der Waals surface area contributed by atoms with E-state index in [9.17, 15) is 70.2 Å². The van der Waals surface area contributed by atoms with E-state index in [4.69, 9.17) is 57.4 Å². The largest absolute Gasteiger partial charge is 0.508 e. The number of phenolic OH excluding ortho intramolecular Hbond substituents is 3. The summed E-state index contributed by atoms with van der Waals surface area (Å²) in [6.45, 7) is 11.8. The van der Waals surface area contributed by atoms with E-state index in [1.807, 2.05) is 40.0 Å². The first kappa shape index (κ1) is 87.9. The van der Waals surface area contributed by atoms with E-state index >= 15 is 24.0 Å². The van der Waals surface area contributed by atoms with Gasteiger partial charge in [0.1, 0.15) is 89.0 Å². The number of rotatable bonds is 17. The van der Waals surface area contributed by atoms with Crippen LogP contribution in [-0.4, -0.2) is 206 Å². The average Bonchev–Trinajstić information content (AvgIpc) is 1.56. The Morgan fingerprint density at radius 2 is 1.40 bits per heavy atom. The second-order valence-corrected chi connectivity index (χ2v) is 33.8. The van der Waals surface area contributed by atoms with Crippen molar-refractivity contribution >= 4 is 92.9 Å². The van der Waals surface area contributed by atoms with Crippen LogP contribution >= 0.6 is 34.5 Å². The standard InChI is InChI=1S/C81H90Cl2N12O25S/c1-31(2)15-45(85-8)70(107)91-60-62(101)36-11-14-49(44(83)19-36)117-51-21-37-20-50(65(51)120-76-66(64(103)63(102)52(29-96)118-76)119-54-25-80(7,67(104)32(3)115-54)87-27-33-16-38(28-86-26-33)69(106)94-78-88-53(30-121-78)79(4,5)6)116-48-13-10-35(18-43(48)82)61(100)59-73(110)90-58(75(112)113)41-22-39(97)23-47(99)55(41)40-17-34(9-12-46(40)98)56(71(108)92-59)89-72(109)57(37)93-77(114)81(95-74(60)111)24-42(81)68(84)105/h9-14,16-23,26,28,30-32,42,45,52,54,56-64,66-67,76,85,87,96-104H,15,24-25,27,29H2,1-8H3,(H2,84,105)(H,89,109)(H,90,110)(H,91,107)(H,92,108)(H,93,114)(H,95,111)(H,112,113)(H,88,94,106)/t32?,42-,45-,52-,54-,56-,57?,58+,59+,60+,61+,62+,63+,64+,66+,67-,76?,80?,81?/m0/s1. The highest BCUT2D eigenvalue weighted by molar-refractivity contribution is 7.14. The molecular weight excluding hydrogens is 1640 g/mol. The molecule has 9 heterocycles. The number of aromatic hydroxyl groups is 3. The molecule has 15 rings (SSSR count). The number of phenols is 3. The second-order valence-electron chi connectivity index (χ2n) is 32.2. The number of fused-ring (bicyclic) bond motifs is 13. The average molecular weight is 1730 g/mol. The molecule has 8 aliphatic rings. The van der Waals surface area contributed by atoms with Gasteiger partial charge in [0, 0.05) is 64.4 Å². The highest BCUT2D eigenvalue weighted by Gasteiger charge is 2.65. The Bertz CT molecular complexity index is 5250. The van der Waals surface area contributed by atoms with Crippen LogP contribution in [0.1, 0.15) is 147 Å². The maximum atomic E-state index is 16.4. The molecule has 7 aliphatic heterocycles. The SMILES string of the molecule is CN[C@@H](CC(C)C)C(=O)N[C@H]1C(=O)NC2(C[C@H]2C(N)=O)C(=O)NC2C(=O)N[C@@H]3C(=O)N[C@@H](C(=O)N[C@@H](C(=O)O)c4cc(O)cc(O)c4-c4cc3ccc4O)[C@H](O)c3ccc(c(Cl)c3)Oc3cc2cc(c3OC2O[C@@H](CO)[C@@H](O)[C@@H](O)[C@H]2O[C@H]2CC(C)(NCc3cncc(C(=O)Nc4nc(C(C)(C)C)cs4)c3)[C@@H](O)C(C)O2)Oc2ccc(cc2Cl)[C@H]1O. The molecule has 5 aromatic carbocycles. The second kappa shape index (κ2) is 34.9. The summed E-state index contributed by atoms with van der Waals surface area (Å²) in [5, 5.41) is 142. The smallest absolute Gasteiger partial charge is 0.330 e. The number of hydrogen-bond acceptors (Lipinski definition) is 29. The fraction of sp³-hybridized carbons (Fsp3) is 0.420. The van der Waals surface area contributed by atoms with Crippen molar-refractivity contribution in [3.05, 3.63) is 157 Å². The number of amides is 8. The summed E-state index contributed by atoms with van der Waals surface area (Å²) in [4.78, 5) is 142. The number of primary amides is 1. The Hall–Kier alpha value is -10.9. The number of anilines is 1. The number of carbonyl (C=O) groups is 9. The number of thiazole rings is 1. The molecule has 1 saturated carbocycles. The maximum Gasteiger partial charge on any atom is 0.330 e. The number of pyridine rings is 1. The van der Waals surface area contributed by atoms with Crippen LogP contribution in [0.25, 0.3) is 11.1 Å². The van der Waals surface area contributed by atoms with Gasteiger partial charge in [-0.2, -0.15) is 0 Å². The zero-order valence-electron chi connectivity index (χ0n) is 66.0. The monoisotopic (exact) mass is 1730 g/mol. The summed E-state index contributed by atoms with van der Waals surface area (Å²) in [7, 11) is 1.48. The van der Waals surface area contributed by atoms with Gasteiger partial charge in [0.25, 0.3) is 5.91 Å². The highest BCUT2D eigenvalue weighted by atomic mass is 35.5. The molecule has 7 aromatic rings. The van der Waals surface area contributed by atoms with Gasteiger partial charge < -0.3 is 128 Å². The van der Waals surface area contributed by atoms with Crippen molar-refractivity contribution in [1.82, 2.24) is 52.5 Å². The predicted molar refractivity (Wildman–Crippen MR) is 427 cm³/mol. The lowest BCUT2D eigenvalue weighted by atomic mass is 9.84. The Balaban J connectivity index is 0.967. The number of aliphatic carboxylic acids is 1. The zero-order valence-corrected chi connectivity index (χ0v) is 68.3. The molecule has 644 valence electrons. The third kappa shape index (κ3) is 18.2. The van der Waals surface area contributed by atoms with Gasteiger partial charge in [-0.25, -0.2) is 9.78 Å². The molecule has 21 N–H and O–H groups in total. The van der Waals surface area contributed by atoms with Crippen molar-refractivity contribution in [1.29, 1.82) is 0 Å². The number of hydrogen-bond donors (Lipinski definition) is 20. The number of aliphatic hydroxyl groups is 6. The lowest BCUT2D eigenvalue weighted by Gasteiger charge is -2.48. The van der Waals surface area contributed by atoms with Crippen LogP contribution in [0.5, 0.6) is 46.0 Å². The summed E-state index contributed by atoms with van der Waals surface area (Å²) in [5.41, 5.74) is 0.357. The summed E-state index contributed by atoms with van der Waals surface area (Å²) in [6, 6.07) is 2.99. The lowest BCUT2D eigenvalue weighted by molar-refractivity contribution is -0.334. The zero-order chi connectivity index (χ0) is 87.5. The van der Waals surface area contributed by atoms with Crippen molar-refractivity contribution in [3.63, 3.8) is 0 Å². The van der Waals surface area contributed by atoms with E-state index in [-0.39, 0.29) is 63.7 Å². The Labute approximate surface area is 703 Å². The summed E-state index contributed by atoms with van der Waals surface area (Å²) in [5.74, 6) is -18.2. The number of ether oxygens (including phenoxy) is 6. The van der Waals surface area contributed by atoms with Crippen molar-refractivity contribution in [2.75, 3.05) is 19.0 Å². The van der Waals surface area contributed by atoms with Crippen molar-refractivity contribution in [3.8, 4) is 57.1 Å². The van der Waals surface area contributed by atoms with E-state index in [0.29, 0.717) is 10.7 Å². The molecular formula is C81H90Cl2N12O25S. The number of aliphatic hydroxyl groups excluding tert-OH is 6. The normalized spacial score (nSPS) is 28.2. The van der Waals surface area contributed by atoms with Crippen molar-refractivity contribution < 1.29 is 123 Å². The third-order valence-electron chi connectivity index (χ3n) is 22.0. The number of aromatic nitrogens is 2. The summed E-state index contributed by atoms with van der Waals surface area (Å²) in [6.07, 6.45) is -15.9. The van der Waals surface area contributed by atoms with Gasteiger partial charge in [-0.1, -0.05) is 76.0 Å². The van der Waals surface area contributed by atoms with Crippen LogP contribution in [0, 0.1) is 11.8 Å². The van der Waals surface area contributed by atoms with Gasteiger partial charge in [-0.15, -0.1) is 11.3 Å². The molecule has 8 amide bonds. The van der Waals surface area contributed by atoms with E-state index < -0.39 is 248 Å². The number of nitrogens with one attached hydrogen (secondary N) is 9. The number of carbonyl (C=O) groups excluding carboxylic acids is 8. The minimum absolute atomic E-state index is 0.0184. The molecule has 1 aliphatic carbocycles. The topological polar surface area (TPSA) is 571 Å². The molecule has 121 heavy (non-hydrogen) atoms. The van der Waals surface area contributed by atoms with E-state index in [2.05, 4.69) is 57.8 Å². The fourth-order valence-corrected chi connectivity index (χ4v) is 16.6. The van der Waals surface area contributed by atoms with Gasteiger partial charge in [0.05, 0.1) is 52.1 Å². The number of likely N-dealkylation sites (N-methyl/N-ethyl adjacent to an activating group) is 1. The molecule has 2 saturated heterocycles. The molecule has 3 fully saturated rings. The van der Waals surface area contributed by atoms with E-state index in [1.165, 1.54) is 49.8 Å². The molecule has 5 unspecified atom stereocenters. The molecule has 0 radical (unpaired) electrons. The van der Waals surface area contributed by atoms with Gasteiger partial charge in [0.15, 0.2) is 35.1 Å². The summed E-state index contributed by atoms with van der Waals surface area (Å²) < 4.78 is 39.6. The van der Waals surface area contributed by atoms with Crippen LogP contribution in [0.4, 0.5) is 5.13 Å². The molecule has 11 bridgehead atoms. The maximum absolute atomic E-state index is 16.4. The fourth-order valence-electron chi connectivity index (χ4n) is 15.2. The van der Waals surface area contributed by atoms with Gasteiger partial charge in [0.2, 0.25) is 53.4 Å². The number of benzene rings is 5. The van der Waals surface area contributed by atoms with Gasteiger partial charge in [-0.3, -0.25) is 48.7 Å². The van der Waals surface area contributed by atoms with Gasteiger partial charge in [-0.05, 0) is 128 Å².